The van der Waals surface area contributed by atoms with Crippen LogP contribution in [0.1, 0.15) is 84.0 Å². The standard InChI is InChI=1S/C68H58B2N2O2/c1-9-11-13-43-18-23-56-50(29-43)49-22-17-40(6)64-68(49)72(56)59-32-46(48-21-16-38(4)26-42(48)8)34-63-66(59)70(64)54-35-53-60(36-61(54)74-63)73-62-33-45(47-20-15-37(3)25-41(47)7)31-58-65(62)69(53)55-28-39(5)27-52-51-30-44(14-12-10-2)19-24-57(51)71(58)67(52)55/h15-36H,9-14H2,1-8H3. The minimum Gasteiger partial charge on any atom is -0.458 e. The Morgan fingerprint density at radius 3 is 1.53 bits per heavy atom. The van der Waals surface area contributed by atoms with Crippen molar-refractivity contribution in [2.75, 3.05) is 0 Å². The second-order valence-electron chi connectivity index (χ2n) is 22.5. The van der Waals surface area contributed by atoms with Crippen LogP contribution in [0.5, 0.6) is 23.0 Å². The third-order valence-electron chi connectivity index (χ3n) is 17.5. The van der Waals surface area contributed by atoms with E-state index in [0.717, 1.165) is 47.0 Å². The molecule has 0 saturated heterocycles. The molecule has 0 amide bonds. The van der Waals surface area contributed by atoms with Crippen LogP contribution < -0.4 is 42.3 Å². The molecule has 0 bridgehead atoms. The van der Waals surface area contributed by atoms with E-state index in [1.165, 1.54) is 169 Å². The first kappa shape index (κ1) is 43.9. The lowest BCUT2D eigenvalue weighted by Gasteiger charge is -2.37. The van der Waals surface area contributed by atoms with Crippen LogP contribution in [0.15, 0.2) is 133 Å². The molecule has 0 radical (unpaired) electrons. The van der Waals surface area contributed by atoms with Crippen LogP contribution in [0.25, 0.3) is 77.2 Å². The predicted molar refractivity (Wildman–Crippen MR) is 314 cm³/mol. The Morgan fingerprint density at radius 2 is 0.946 bits per heavy atom. The second kappa shape index (κ2) is 15.9. The first-order valence-electron chi connectivity index (χ1n) is 27.2. The lowest BCUT2D eigenvalue weighted by atomic mass is 9.31. The van der Waals surface area contributed by atoms with E-state index in [1.807, 2.05) is 0 Å². The van der Waals surface area contributed by atoms with Crippen molar-refractivity contribution in [2.45, 2.75) is 93.9 Å². The van der Waals surface area contributed by atoms with Crippen LogP contribution in [0.4, 0.5) is 0 Å². The Kier molecular flexibility index (Phi) is 9.43. The smallest absolute Gasteiger partial charge is 0.256 e. The van der Waals surface area contributed by atoms with E-state index in [4.69, 9.17) is 9.47 Å². The van der Waals surface area contributed by atoms with Crippen LogP contribution in [-0.2, 0) is 12.8 Å². The summed E-state index contributed by atoms with van der Waals surface area (Å²) in [4.78, 5) is 0. The van der Waals surface area contributed by atoms with E-state index < -0.39 is 0 Å². The van der Waals surface area contributed by atoms with E-state index >= 15 is 0 Å². The summed E-state index contributed by atoms with van der Waals surface area (Å²) >= 11 is 0. The van der Waals surface area contributed by atoms with Gasteiger partial charge < -0.3 is 18.6 Å². The molecule has 0 unspecified atom stereocenters. The van der Waals surface area contributed by atoms with Crippen LogP contribution in [0.2, 0.25) is 0 Å². The number of aromatic nitrogens is 2. The largest absolute Gasteiger partial charge is 0.458 e. The summed E-state index contributed by atoms with van der Waals surface area (Å²) in [6.07, 6.45) is 6.88. The third kappa shape index (κ3) is 6.12. The average Bonchev–Trinajstić information content (AvgIpc) is 4.00. The molecule has 0 aliphatic carbocycles. The van der Waals surface area contributed by atoms with Gasteiger partial charge in [0.25, 0.3) is 13.4 Å². The topological polar surface area (TPSA) is 28.3 Å². The van der Waals surface area contributed by atoms with Crippen molar-refractivity contribution in [1.82, 2.24) is 9.13 Å². The van der Waals surface area contributed by atoms with Gasteiger partial charge in [0.2, 0.25) is 0 Å². The van der Waals surface area contributed by atoms with Crippen molar-refractivity contribution in [3.8, 4) is 56.6 Å². The summed E-state index contributed by atoms with van der Waals surface area (Å²) < 4.78 is 20.1. The molecule has 4 aliphatic rings. The first-order chi connectivity index (χ1) is 36.0. The maximum absolute atomic E-state index is 7.45. The van der Waals surface area contributed by atoms with Crippen LogP contribution in [0.3, 0.4) is 0 Å². The lowest BCUT2D eigenvalue weighted by molar-refractivity contribution is 0.465. The van der Waals surface area contributed by atoms with Crippen molar-refractivity contribution >= 4 is 89.8 Å². The van der Waals surface area contributed by atoms with Crippen molar-refractivity contribution in [3.05, 3.63) is 178 Å². The fraction of sp³-hybridized carbons (Fsp3) is 0.206. The number of aryl methyl sites for hydroxylation is 8. The summed E-state index contributed by atoms with van der Waals surface area (Å²) in [5.74, 6) is 3.55. The van der Waals surface area contributed by atoms with Crippen molar-refractivity contribution in [3.63, 3.8) is 0 Å². The normalized spacial score (nSPS) is 13.4. The zero-order valence-corrected chi connectivity index (χ0v) is 43.8. The van der Waals surface area contributed by atoms with Gasteiger partial charge >= 0.3 is 0 Å². The van der Waals surface area contributed by atoms with Gasteiger partial charge in [0.05, 0.1) is 11.0 Å². The van der Waals surface area contributed by atoms with Crippen LogP contribution in [-0.4, -0.2) is 22.6 Å². The highest BCUT2D eigenvalue weighted by molar-refractivity contribution is 7.02. The molecular weight excluding hydrogens is 898 g/mol. The van der Waals surface area contributed by atoms with Gasteiger partial charge in [0.1, 0.15) is 23.0 Å². The number of benzene rings is 9. The van der Waals surface area contributed by atoms with E-state index in [-0.39, 0.29) is 13.4 Å². The number of hydrogen-bond acceptors (Lipinski definition) is 2. The minimum absolute atomic E-state index is 0.0656. The van der Waals surface area contributed by atoms with E-state index in [0.29, 0.717) is 0 Å². The number of unbranched alkanes of at least 4 members (excludes halogenated alkanes) is 2. The Hall–Kier alpha value is -7.69. The van der Waals surface area contributed by atoms with Gasteiger partial charge in [0.15, 0.2) is 0 Å². The van der Waals surface area contributed by atoms with Gasteiger partial charge in [-0.15, -0.1) is 0 Å². The maximum Gasteiger partial charge on any atom is 0.256 e. The molecule has 0 N–H and O–H groups in total. The Morgan fingerprint density at radius 1 is 0.392 bits per heavy atom. The molecule has 6 heterocycles. The highest BCUT2D eigenvalue weighted by Crippen LogP contribution is 2.45. The molecule has 358 valence electrons. The molecule has 2 aromatic heterocycles. The lowest BCUT2D eigenvalue weighted by Crippen LogP contribution is -2.62. The summed E-state index contributed by atoms with van der Waals surface area (Å²) in [5.41, 5.74) is 30.3. The molecule has 0 fully saturated rings. The fourth-order valence-corrected chi connectivity index (χ4v) is 14.1. The minimum atomic E-state index is -0.0674. The Balaban J connectivity index is 1.01. The van der Waals surface area contributed by atoms with Crippen LogP contribution >= 0.6 is 0 Å². The van der Waals surface area contributed by atoms with Gasteiger partial charge in [-0.05, 0) is 199 Å². The highest BCUT2D eigenvalue weighted by Gasteiger charge is 2.46. The zero-order valence-electron chi connectivity index (χ0n) is 43.8. The fourth-order valence-electron chi connectivity index (χ4n) is 14.1. The van der Waals surface area contributed by atoms with Gasteiger partial charge in [-0.2, -0.15) is 0 Å². The summed E-state index contributed by atoms with van der Waals surface area (Å²) in [6, 6.07) is 52.1. The van der Waals surface area contributed by atoms with Gasteiger partial charge in [-0.1, -0.05) is 122 Å². The maximum atomic E-state index is 7.45. The first-order valence-corrected chi connectivity index (χ1v) is 27.2. The van der Waals surface area contributed by atoms with Crippen molar-refractivity contribution < 1.29 is 9.47 Å². The molecular formula is C68H58B2N2O2. The molecule has 9 aromatic carbocycles. The SMILES string of the molecule is CCCCc1ccc2c(c1)c1cc(C)cc3c1n2-c1cc(-c2ccc(C)cc2C)cc2c1B3c1cc3c(cc1O2)Oc1cc(-c2ccc(C)cc2C)cc2c1B3c1c(C)ccc3c4cc(CCCC)ccc4n-2c13. The highest BCUT2D eigenvalue weighted by atomic mass is 16.5. The number of nitrogens with zero attached hydrogens (tertiary/aromatic N) is 2. The molecule has 0 saturated carbocycles. The monoisotopic (exact) mass is 956 g/mol. The average molecular weight is 957 g/mol. The zero-order chi connectivity index (χ0) is 50.0. The number of hydrogen-bond donors (Lipinski definition) is 0. The predicted octanol–water partition coefficient (Wildman–Crippen LogP) is 13.6. The molecule has 4 nitrogen and oxygen atoms in total. The molecule has 4 aliphatic heterocycles. The summed E-state index contributed by atoms with van der Waals surface area (Å²) in [6.45, 7) is 17.9. The van der Waals surface area contributed by atoms with Crippen molar-refractivity contribution in [1.29, 1.82) is 0 Å². The Bertz CT molecular complexity index is 4320. The molecule has 0 atom stereocenters. The second-order valence-corrected chi connectivity index (χ2v) is 22.5. The molecule has 74 heavy (non-hydrogen) atoms. The van der Waals surface area contributed by atoms with Gasteiger partial charge in [-0.25, -0.2) is 0 Å². The van der Waals surface area contributed by atoms with Crippen LogP contribution in [0, 0.1) is 41.5 Å². The molecule has 0 spiro atoms. The molecule has 6 heteroatoms. The van der Waals surface area contributed by atoms with E-state index in [1.54, 1.807) is 0 Å². The number of ether oxygens (including phenoxy) is 2. The third-order valence-corrected chi connectivity index (χ3v) is 17.5. The van der Waals surface area contributed by atoms with E-state index in [2.05, 4.69) is 198 Å². The van der Waals surface area contributed by atoms with Crippen molar-refractivity contribution in [2.24, 2.45) is 0 Å². The Labute approximate surface area is 434 Å². The molecule has 15 rings (SSSR count). The van der Waals surface area contributed by atoms with Gasteiger partial charge in [-0.3, -0.25) is 0 Å². The van der Waals surface area contributed by atoms with Gasteiger partial charge in [0, 0.05) is 50.0 Å². The summed E-state index contributed by atoms with van der Waals surface area (Å²) in [5, 5.41) is 5.29. The van der Waals surface area contributed by atoms with E-state index in [9.17, 15) is 0 Å². The number of rotatable bonds is 8. The molecule has 11 aromatic rings. The quantitative estimate of drug-likeness (QED) is 0.142. The summed E-state index contributed by atoms with van der Waals surface area (Å²) in [7, 11) is 0. The number of fused-ring (bicyclic) bond motifs is 14.